The van der Waals surface area contributed by atoms with Gasteiger partial charge in [-0.15, -0.1) is 0 Å². The average Bonchev–Trinajstić information content (AvgIpc) is 2.02. The number of nitrogens with two attached hydrogens (primary N) is 1. The number of benzene rings is 1. The largest absolute Gasteiger partial charge is 0.416 e. The van der Waals surface area contributed by atoms with E-state index in [2.05, 4.69) is 15.9 Å². The lowest BCUT2D eigenvalue weighted by Crippen LogP contribution is -2.06. The zero-order chi connectivity index (χ0) is 10.1. The number of halogens is 4. The van der Waals surface area contributed by atoms with Crippen LogP contribution in [0.1, 0.15) is 11.1 Å². The normalized spacial score (nSPS) is 11.8. The van der Waals surface area contributed by atoms with Gasteiger partial charge >= 0.3 is 6.18 Å². The second-order valence-electron chi connectivity index (χ2n) is 2.51. The highest BCUT2D eigenvalue weighted by Crippen LogP contribution is 2.31. The van der Waals surface area contributed by atoms with Gasteiger partial charge in [0.05, 0.1) is 5.56 Å². The minimum absolute atomic E-state index is 0.221. The van der Waals surface area contributed by atoms with Crippen LogP contribution in [0.3, 0.4) is 0 Å². The maximum atomic E-state index is 12.2. The predicted octanol–water partition coefficient (Wildman–Crippen LogP) is 2.93. The van der Waals surface area contributed by atoms with Crippen LogP contribution in [0.5, 0.6) is 0 Å². The van der Waals surface area contributed by atoms with Gasteiger partial charge in [-0.2, -0.15) is 13.2 Å². The van der Waals surface area contributed by atoms with E-state index in [1.54, 1.807) is 0 Å². The minimum atomic E-state index is -4.30. The summed E-state index contributed by atoms with van der Waals surface area (Å²) in [6, 6.07) is 3.42. The Balaban J connectivity index is 3.10. The molecule has 1 nitrogen and oxygen atoms in total. The Morgan fingerprint density at radius 1 is 1.31 bits per heavy atom. The van der Waals surface area contributed by atoms with Gasteiger partial charge in [0.1, 0.15) is 0 Å². The van der Waals surface area contributed by atoms with Crippen LogP contribution >= 0.6 is 15.9 Å². The second kappa shape index (κ2) is 3.67. The Kier molecular flexibility index (Phi) is 2.98. The molecule has 1 aromatic carbocycles. The molecule has 0 atom stereocenters. The molecule has 0 aromatic heterocycles. The van der Waals surface area contributed by atoms with E-state index in [0.717, 1.165) is 12.1 Å². The van der Waals surface area contributed by atoms with Crippen LogP contribution in [-0.2, 0) is 12.7 Å². The maximum Gasteiger partial charge on any atom is 0.416 e. The van der Waals surface area contributed by atoms with Crippen LogP contribution in [0.25, 0.3) is 0 Å². The third-order valence-corrected chi connectivity index (χ3v) is 2.34. The van der Waals surface area contributed by atoms with Crippen LogP contribution in [0.4, 0.5) is 13.2 Å². The summed E-state index contributed by atoms with van der Waals surface area (Å²) in [5.74, 6) is 0. The quantitative estimate of drug-likeness (QED) is 0.819. The number of hydrogen-bond acceptors (Lipinski definition) is 1. The van der Waals surface area contributed by atoms with E-state index >= 15 is 0 Å². The van der Waals surface area contributed by atoms with E-state index in [0.29, 0.717) is 10.0 Å². The van der Waals surface area contributed by atoms with Gasteiger partial charge < -0.3 is 5.73 Å². The van der Waals surface area contributed by atoms with Crippen molar-refractivity contribution in [2.24, 2.45) is 5.73 Å². The monoisotopic (exact) mass is 253 g/mol. The van der Waals surface area contributed by atoms with Crippen molar-refractivity contribution in [3.05, 3.63) is 33.8 Å². The fourth-order valence-corrected chi connectivity index (χ4v) is 1.43. The molecule has 0 bridgehead atoms. The molecule has 0 radical (unpaired) electrons. The van der Waals surface area contributed by atoms with E-state index in [1.165, 1.54) is 6.07 Å². The molecule has 0 unspecified atom stereocenters. The highest BCUT2D eigenvalue weighted by atomic mass is 79.9. The second-order valence-corrected chi connectivity index (χ2v) is 3.36. The molecule has 1 aromatic rings. The Bertz CT molecular complexity index is 309. The van der Waals surface area contributed by atoms with Gasteiger partial charge in [-0.3, -0.25) is 0 Å². The number of alkyl halides is 3. The molecule has 0 spiro atoms. The summed E-state index contributed by atoms with van der Waals surface area (Å²) in [5.41, 5.74) is 5.29. The number of rotatable bonds is 1. The van der Waals surface area contributed by atoms with Crippen molar-refractivity contribution < 1.29 is 13.2 Å². The van der Waals surface area contributed by atoms with Crippen molar-refractivity contribution in [1.29, 1.82) is 0 Å². The van der Waals surface area contributed by atoms with Crippen molar-refractivity contribution in [1.82, 2.24) is 0 Å². The van der Waals surface area contributed by atoms with Crippen LogP contribution in [0.15, 0.2) is 22.7 Å². The van der Waals surface area contributed by atoms with Crippen LogP contribution in [-0.4, -0.2) is 0 Å². The molecule has 0 amide bonds. The summed E-state index contributed by atoms with van der Waals surface area (Å²) in [6.45, 7) is 0.221. The number of hydrogen-bond donors (Lipinski definition) is 1. The first-order valence-corrected chi connectivity index (χ1v) is 4.30. The van der Waals surface area contributed by atoms with E-state index in [4.69, 9.17) is 5.73 Å². The average molecular weight is 254 g/mol. The first kappa shape index (κ1) is 10.5. The summed E-state index contributed by atoms with van der Waals surface area (Å²) in [7, 11) is 0. The highest BCUT2D eigenvalue weighted by molar-refractivity contribution is 9.10. The molecule has 0 aliphatic carbocycles. The molecule has 0 fully saturated rings. The molecular formula is C8H7BrF3N. The molecule has 1 rings (SSSR count). The standard InChI is InChI=1S/C8H7BrF3N/c9-7-3-6(8(10,11)12)2-1-5(7)4-13/h1-3H,4,13H2. The molecule has 2 N–H and O–H groups in total. The fourth-order valence-electron chi connectivity index (χ4n) is 0.889. The molecule has 72 valence electrons. The van der Waals surface area contributed by atoms with Crippen LogP contribution in [0.2, 0.25) is 0 Å². The van der Waals surface area contributed by atoms with E-state index in [9.17, 15) is 13.2 Å². The molecule has 0 saturated heterocycles. The lowest BCUT2D eigenvalue weighted by molar-refractivity contribution is -0.137. The van der Waals surface area contributed by atoms with Gasteiger partial charge in [-0.05, 0) is 17.7 Å². The summed E-state index contributed by atoms with van der Waals surface area (Å²) >= 11 is 3.02. The summed E-state index contributed by atoms with van der Waals surface area (Å²) in [6.07, 6.45) is -4.30. The molecule has 13 heavy (non-hydrogen) atoms. The van der Waals surface area contributed by atoms with Crippen molar-refractivity contribution in [2.45, 2.75) is 12.7 Å². The molecule has 0 aliphatic rings. The molecular weight excluding hydrogens is 247 g/mol. The Labute approximate surface area is 81.9 Å². The summed E-state index contributed by atoms with van der Waals surface area (Å²) in [4.78, 5) is 0. The Morgan fingerprint density at radius 2 is 1.92 bits per heavy atom. The van der Waals surface area contributed by atoms with Gasteiger partial charge in [0.2, 0.25) is 0 Å². The zero-order valence-electron chi connectivity index (χ0n) is 6.53. The Hall–Kier alpha value is -0.550. The molecule has 0 aliphatic heterocycles. The van der Waals surface area contributed by atoms with Crippen molar-refractivity contribution >= 4 is 15.9 Å². The first-order valence-electron chi connectivity index (χ1n) is 3.51. The lowest BCUT2D eigenvalue weighted by atomic mass is 10.1. The van der Waals surface area contributed by atoms with E-state index in [-0.39, 0.29) is 6.54 Å². The third-order valence-electron chi connectivity index (χ3n) is 1.60. The highest BCUT2D eigenvalue weighted by Gasteiger charge is 2.30. The smallest absolute Gasteiger partial charge is 0.326 e. The minimum Gasteiger partial charge on any atom is -0.326 e. The molecule has 0 heterocycles. The fraction of sp³-hybridized carbons (Fsp3) is 0.250. The van der Waals surface area contributed by atoms with Crippen molar-refractivity contribution in [2.75, 3.05) is 0 Å². The summed E-state index contributed by atoms with van der Waals surface area (Å²) < 4.78 is 36.8. The van der Waals surface area contributed by atoms with Gasteiger partial charge in [-0.1, -0.05) is 22.0 Å². The topological polar surface area (TPSA) is 26.0 Å². The molecule has 5 heteroatoms. The SMILES string of the molecule is NCc1ccc(C(F)(F)F)cc1Br. The lowest BCUT2D eigenvalue weighted by Gasteiger charge is -2.08. The summed E-state index contributed by atoms with van der Waals surface area (Å²) in [5, 5.41) is 0. The molecule has 0 saturated carbocycles. The van der Waals surface area contributed by atoms with Gasteiger partial charge in [-0.25, -0.2) is 0 Å². The van der Waals surface area contributed by atoms with Gasteiger partial charge in [0.15, 0.2) is 0 Å². The Morgan fingerprint density at radius 3 is 2.31 bits per heavy atom. The van der Waals surface area contributed by atoms with Crippen molar-refractivity contribution in [3.63, 3.8) is 0 Å². The van der Waals surface area contributed by atoms with Crippen LogP contribution in [0, 0.1) is 0 Å². The van der Waals surface area contributed by atoms with Gasteiger partial charge in [0.25, 0.3) is 0 Å². The predicted molar refractivity (Wildman–Crippen MR) is 47.0 cm³/mol. The van der Waals surface area contributed by atoms with Crippen molar-refractivity contribution in [3.8, 4) is 0 Å². The zero-order valence-corrected chi connectivity index (χ0v) is 8.11. The van der Waals surface area contributed by atoms with E-state index in [1.807, 2.05) is 0 Å². The van der Waals surface area contributed by atoms with Gasteiger partial charge in [0, 0.05) is 11.0 Å². The first-order chi connectivity index (χ1) is 5.95. The van der Waals surface area contributed by atoms with E-state index < -0.39 is 11.7 Å². The van der Waals surface area contributed by atoms with Crippen LogP contribution < -0.4 is 5.73 Å². The third kappa shape index (κ3) is 2.45. The maximum absolute atomic E-state index is 12.2.